The molecule has 0 spiro atoms. The Labute approximate surface area is 186 Å². The van der Waals surface area contributed by atoms with Gasteiger partial charge in [0, 0.05) is 29.8 Å². The number of nitrogens with zero attached hydrogens (tertiary/aromatic N) is 5. The van der Waals surface area contributed by atoms with E-state index in [4.69, 9.17) is 4.74 Å². The summed E-state index contributed by atoms with van der Waals surface area (Å²) in [6, 6.07) is 6.14. The maximum Gasteiger partial charge on any atom is 0.255 e. The summed E-state index contributed by atoms with van der Waals surface area (Å²) in [5.41, 5.74) is 3.55. The lowest BCUT2D eigenvalue weighted by Gasteiger charge is -2.29. The van der Waals surface area contributed by atoms with Crippen LogP contribution in [0.25, 0.3) is 5.69 Å². The molecular formula is C23H27FN6O2. The number of amides is 1. The van der Waals surface area contributed by atoms with Gasteiger partial charge in [-0.1, -0.05) is 26.0 Å². The number of carbonyl (C=O) groups excluding carboxylic acids is 1. The number of morpholine rings is 1. The number of hydrogen-bond acceptors (Lipinski definition) is 6. The van der Waals surface area contributed by atoms with Crippen LogP contribution in [-0.4, -0.2) is 52.2 Å². The van der Waals surface area contributed by atoms with Crippen LogP contribution >= 0.6 is 0 Å². The van der Waals surface area contributed by atoms with Gasteiger partial charge in [-0.3, -0.25) is 9.78 Å². The SMILES string of the molecule is Cc1ncc(NC(=O)c2cc(F)cc(N3CCOCC3)c2)cc1-n1cc(C(C)(C)C)nn1. The van der Waals surface area contributed by atoms with Gasteiger partial charge in [-0.15, -0.1) is 5.10 Å². The smallest absolute Gasteiger partial charge is 0.255 e. The van der Waals surface area contributed by atoms with Gasteiger partial charge in [-0.05, 0) is 31.2 Å². The van der Waals surface area contributed by atoms with E-state index < -0.39 is 11.7 Å². The number of hydrogen-bond donors (Lipinski definition) is 1. The molecule has 0 unspecified atom stereocenters. The molecule has 32 heavy (non-hydrogen) atoms. The van der Waals surface area contributed by atoms with Crippen molar-refractivity contribution in [3.8, 4) is 5.69 Å². The fourth-order valence-electron chi connectivity index (χ4n) is 3.46. The van der Waals surface area contributed by atoms with E-state index in [2.05, 4.69) is 41.4 Å². The number of aromatic nitrogens is 4. The van der Waals surface area contributed by atoms with Crippen LogP contribution in [-0.2, 0) is 10.2 Å². The van der Waals surface area contributed by atoms with Crippen molar-refractivity contribution in [1.82, 2.24) is 20.0 Å². The summed E-state index contributed by atoms with van der Waals surface area (Å²) in [6.45, 7) is 10.5. The van der Waals surface area contributed by atoms with Crippen LogP contribution in [0.3, 0.4) is 0 Å². The van der Waals surface area contributed by atoms with Gasteiger partial charge < -0.3 is 15.0 Å². The number of pyridine rings is 1. The minimum absolute atomic E-state index is 0.138. The fourth-order valence-corrected chi connectivity index (χ4v) is 3.46. The molecule has 8 nitrogen and oxygen atoms in total. The molecule has 0 radical (unpaired) electrons. The summed E-state index contributed by atoms with van der Waals surface area (Å²) in [5.74, 6) is -0.872. The highest BCUT2D eigenvalue weighted by atomic mass is 19.1. The highest BCUT2D eigenvalue weighted by Crippen LogP contribution is 2.24. The summed E-state index contributed by atoms with van der Waals surface area (Å²) >= 11 is 0. The van der Waals surface area contributed by atoms with E-state index in [-0.39, 0.29) is 11.0 Å². The van der Waals surface area contributed by atoms with E-state index in [1.165, 1.54) is 12.1 Å². The Bertz CT molecular complexity index is 1130. The van der Waals surface area contributed by atoms with Crippen molar-refractivity contribution >= 4 is 17.3 Å². The molecule has 1 aliphatic rings. The molecule has 1 amide bonds. The van der Waals surface area contributed by atoms with Crippen LogP contribution in [0.4, 0.5) is 15.8 Å². The molecule has 3 heterocycles. The van der Waals surface area contributed by atoms with Crippen LogP contribution in [0.1, 0.15) is 42.5 Å². The molecule has 2 aromatic heterocycles. The molecule has 1 N–H and O–H groups in total. The number of nitrogens with one attached hydrogen (secondary N) is 1. The maximum absolute atomic E-state index is 14.2. The predicted molar refractivity (Wildman–Crippen MR) is 120 cm³/mol. The molecule has 4 rings (SSSR count). The summed E-state index contributed by atoms with van der Waals surface area (Å²) in [7, 11) is 0. The van der Waals surface area contributed by atoms with Gasteiger partial charge in [0.1, 0.15) is 5.82 Å². The summed E-state index contributed by atoms with van der Waals surface area (Å²) in [6.07, 6.45) is 3.43. The third-order valence-corrected chi connectivity index (χ3v) is 5.35. The molecule has 1 aromatic carbocycles. The standard InChI is InChI=1S/C23H27FN6O2/c1-15-20(30-14-21(27-28-30)23(2,3)4)12-18(13-25-15)26-22(31)16-9-17(24)11-19(10-16)29-5-7-32-8-6-29/h9-14H,5-8H2,1-4H3,(H,26,31). The Morgan fingerprint density at radius 3 is 2.59 bits per heavy atom. The monoisotopic (exact) mass is 438 g/mol. The van der Waals surface area contributed by atoms with E-state index >= 15 is 0 Å². The van der Waals surface area contributed by atoms with Gasteiger partial charge in [0.15, 0.2) is 0 Å². The average molecular weight is 439 g/mol. The van der Waals surface area contributed by atoms with Crippen LogP contribution in [0.15, 0.2) is 36.7 Å². The molecule has 1 fully saturated rings. The van der Waals surface area contributed by atoms with Crippen molar-refractivity contribution in [2.24, 2.45) is 0 Å². The van der Waals surface area contributed by atoms with Crippen LogP contribution in [0, 0.1) is 12.7 Å². The van der Waals surface area contributed by atoms with Crippen molar-refractivity contribution in [3.05, 3.63) is 59.4 Å². The van der Waals surface area contributed by atoms with E-state index in [1.807, 2.05) is 18.0 Å². The average Bonchev–Trinajstić information content (AvgIpc) is 3.26. The molecule has 0 aliphatic carbocycles. The number of anilines is 2. The van der Waals surface area contributed by atoms with Gasteiger partial charge >= 0.3 is 0 Å². The predicted octanol–water partition coefficient (Wildman–Crippen LogP) is 3.50. The number of aryl methyl sites for hydroxylation is 1. The van der Waals surface area contributed by atoms with E-state index in [0.29, 0.717) is 43.4 Å². The highest BCUT2D eigenvalue weighted by Gasteiger charge is 2.20. The Kier molecular flexibility index (Phi) is 5.92. The topological polar surface area (TPSA) is 85.2 Å². The van der Waals surface area contributed by atoms with E-state index in [9.17, 15) is 9.18 Å². The van der Waals surface area contributed by atoms with E-state index in [0.717, 1.165) is 11.4 Å². The molecule has 0 saturated carbocycles. The van der Waals surface area contributed by atoms with Crippen molar-refractivity contribution in [2.45, 2.75) is 33.1 Å². The molecular weight excluding hydrogens is 411 g/mol. The highest BCUT2D eigenvalue weighted by molar-refractivity contribution is 6.04. The molecule has 1 saturated heterocycles. The van der Waals surface area contributed by atoms with Gasteiger partial charge in [0.05, 0.1) is 48.4 Å². The zero-order valence-corrected chi connectivity index (χ0v) is 18.7. The lowest BCUT2D eigenvalue weighted by molar-refractivity contribution is 0.102. The second kappa shape index (κ2) is 8.66. The van der Waals surface area contributed by atoms with Gasteiger partial charge in [-0.25, -0.2) is 9.07 Å². The minimum Gasteiger partial charge on any atom is -0.378 e. The summed E-state index contributed by atoms with van der Waals surface area (Å²) in [5, 5.41) is 11.3. The lowest BCUT2D eigenvalue weighted by atomic mass is 9.93. The first-order valence-corrected chi connectivity index (χ1v) is 10.6. The molecule has 0 atom stereocenters. The van der Waals surface area contributed by atoms with Crippen molar-refractivity contribution < 1.29 is 13.9 Å². The summed E-state index contributed by atoms with van der Waals surface area (Å²) in [4.78, 5) is 19.3. The normalized spacial score (nSPS) is 14.5. The number of carbonyl (C=O) groups is 1. The largest absolute Gasteiger partial charge is 0.378 e. The first kappa shape index (κ1) is 21.9. The van der Waals surface area contributed by atoms with Crippen molar-refractivity contribution in [1.29, 1.82) is 0 Å². The van der Waals surface area contributed by atoms with Gasteiger partial charge in [0.25, 0.3) is 5.91 Å². The molecule has 0 bridgehead atoms. The van der Waals surface area contributed by atoms with Gasteiger partial charge in [0.2, 0.25) is 0 Å². The Hall–Kier alpha value is -3.33. The fraction of sp³-hybridized carbons (Fsp3) is 0.391. The van der Waals surface area contributed by atoms with Crippen molar-refractivity contribution in [2.75, 3.05) is 36.5 Å². The molecule has 1 aliphatic heterocycles. The summed E-state index contributed by atoms with van der Waals surface area (Å²) < 4.78 is 21.3. The van der Waals surface area contributed by atoms with E-state index in [1.54, 1.807) is 23.0 Å². The third-order valence-electron chi connectivity index (χ3n) is 5.35. The van der Waals surface area contributed by atoms with Crippen LogP contribution < -0.4 is 10.2 Å². The van der Waals surface area contributed by atoms with Crippen molar-refractivity contribution in [3.63, 3.8) is 0 Å². The zero-order valence-electron chi connectivity index (χ0n) is 18.7. The quantitative estimate of drug-likeness (QED) is 0.671. The van der Waals surface area contributed by atoms with Gasteiger partial charge in [-0.2, -0.15) is 0 Å². The first-order chi connectivity index (χ1) is 15.2. The molecule has 168 valence electrons. The number of rotatable bonds is 4. The maximum atomic E-state index is 14.2. The number of benzene rings is 1. The van der Waals surface area contributed by atoms with Crippen LogP contribution in [0.5, 0.6) is 0 Å². The second-order valence-electron chi connectivity index (χ2n) is 8.88. The van der Waals surface area contributed by atoms with Crippen LogP contribution in [0.2, 0.25) is 0 Å². The lowest BCUT2D eigenvalue weighted by Crippen LogP contribution is -2.36. The Balaban J connectivity index is 1.57. The molecule has 3 aromatic rings. The number of ether oxygens (including phenoxy) is 1. The second-order valence-corrected chi connectivity index (χ2v) is 8.88. The first-order valence-electron chi connectivity index (χ1n) is 10.6. The zero-order chi connectivity index (χ0) is 22.9. The third kappa shape index (κ3) is 4.77. The minimum atomic E-state index is -0.459. The Morgan fingerprint density at radius 1 is 1.16 bits per heavy atom. The number of halogens is 1. The molecule has 9 heteroatoms. The Morgan fingerprint density at radius 2 is 1.91 bits per heavy atom.